The molecule has 186 valence electrons. The van der Waals surface area contributed by atoms with Crippen molar-refractivity contribution in [3.8, 4) is 23.2 Å². The predicted octanol–water partition coefficient (Wildman–Crippen LogP) is 4.44. The molecule has 3 aromatic heterocycles. The smallest absolute Gasteiger partial charge is 0.230 e. The van der Waals surface area contributed by atoms with Gasteiger partial charge in [-0.1, -0.05) is 30.3 Å². The summed E-state index contributed by atoms with van der Waals surface area (Å²) >= 11 is 0. The fourth-order valence-electron chi connectivity index (χ4n) is 4.92. The van der Waals surface area contributed by atoms with Gasteiger partial charge in [-0.05, 0) is 43.2 Å². The summed E-state index contributed by atoms with van der Waals surface area (Å²) in [7, 11) is 1.66. The first-order valence-corrected chi connectivity index (χ1v) is 12.2. The molecule has 5 aromatic rings. The van der Waals surface area contributed by atoms with Gasteiger partial charge in [0.2, 0.25) is 11.8 Å². The van der Waals surface area contributed by atoms with E-state index >= 15 is 0 Å². The van der Waals surface area contributed by atoms with Crippen molar-refractivity contribution in [1.29, 1.82) is 5.41 Å². The Balaban J connectivity index is 1.46. The molecular weight excluding hydrogens is 466 g/mol. The normalized spacial score (nSPS) is 14.1. The van der Waals surface area contributed by atoms with Gasteiger partial charge in [-0.3, -0.25) is 5.41 Å². The van der Waals surface area contributed by atoms with Crippen molar-refractivity contribution in [3.63, 3.8) is 0 Å². The number of aromatic nitrogens is 6. The summed E-state index contributed by atoms with van der Waals surface area (Å²) in [6, 6.07) is 17.9. The fraction of sp³-hybridized carbons (Fsp3) is 0.214. The Kier molecular flexibility index (Phi) is 5.80. The van der Waals surface area contributed by atoms with Crippen molar-refractivity contribution in [1.82, 2.24) is 28.9 Å². The highest BCUT2D eigenvalue weighted by atomic mass is 16.5. The predicted molar refractivity (Wildman–Crippen MR) is 137 cm³/mol. The van der Waals surface area contributed by atoms with E-state index in [9.17, 15) is 5.41 Å². The van der Waals surface area contributed by atoms with Crippen LogP contribution in [0.3, 0.4) is 0 Å². The molecule has 1 aliphatic heterocycles. The summed E-state index contributed by atoms with van der Waals surface area (Å²) in [5.41, 5.74) is 4.83. The van der Waals surface area contributed by atoms with Crippen LogP contribution in [0.5, 0.6) is 17.5 Å². The zero-order valence-electron chi connectivity index (χ0n) is 20.7. The third-order valence-corrected chi connectivity index (χ3v) is 6.74. The van der Waals surface area contributed by atoms with E-state index in [4.69, 9.17) is 14.6 Å². The molecule has 0 bridgehead atoms. The Morgan fingerprint density at radius 1 is 1.00 bits per heavy atom. The van der Waals surface area contributed by atoms with E-state index in [0.717, 1.165) is 46.8 Å². The lowest BCUT2D eigenvalue weighted by molar-refractivity contribution is 0.393. The van der Waals surface area contributed by atoms with Gasteiger partial charge in [0.15, 0.2) is 0 Å². The number of para-hydroxylation sites is 1. The van der Waals surface area contributed by atoms with E-state index < -0.39 is 0 Å². The van der Waals surface area contributed by atoms with Crippen molar-refractivity contribution in [3.05, 3.63) is 108 Å². The SMILES string of the molecule is COc1ccc(C2c3c(C)nn(-c4ccccc4)c3Oc3ncn(CCCn4ccnc4)c(=N)c32)cc1. The van der Waals surface area contributed by atoms with Gasteiger partial charge >= 0.3 is 0 Å². The molecule has 2 aromatic carbocycles. The van der Waals surface area contributed by atoms with Gasteiger partial charge in [-0.2, -0.15) is 5.10 Å². The van der Waals surface area contributed by atoms with E-state index in [1.807, 2.05) is 81.5 Å². The summed E-state index contributed by atoms with van der Waals surface area (Å²) in [4.78, 5) is 8.79. The molecule has 0 aliphatic carbocycles. The van der Waals surface area contributed by atoms with Gasteiger partial charge in [-0.25, -0.2) is 14.6 Å². The van der Waals surface area contributed by atoms with Gasteiger partial charge in [0.05, 0.1) is 41.9 Å². The molecule has 0 amide bonds. The second-order valence-corrected chi connectivity index (χ2v) is 9.02. The van der Waals surface area contributed by atoms with Crippen LogP contribution in [0.25, 0.3) is 5.69 Å². The number of nitrogens with zero attached hydrogens (tertiary/aromatic N) is 6. The number of benzene rings is 2. The number of methoxy groups -OCH3 is 1. The molecule has 9 nitrogen and oxygen atoms in total. The molecule has 0 saturated heterocycles. The maximum absolute atomic E-state index is 9.19. The quantitative estimate of drug-likeness (QED) is 0.355. The molecule has 1 aliphatic rings. The second-order valence-electron chi connectivity index (χ2n) is 9.02. The lowest BCUT2D eigenvalue weighted by atomic mass is 9.84. The van der Waals surface area contributed by atoms with Crippen molar-refractivity contribution < 1.29 is 9.47 Å². The van der Waals surface area contributed by atoms with Crippen LogP contribution in [-0.2, 0) is 13.1 Å². The minimum Gasteiger partial charge on any atom is -0.497 e. The monoisotopic (exact) mass is 493 g/mol. The summed E-state index contributed by atoms with van der Waals surface area (Å²) in [6.45, 7) is 3.46. The highest BCUT2D eigenvalue weighted by Gasteiger charge is 2.37. The van der Waals surface area contributed by atoms with Gasteiger partial charge < -0.3 is 18.6 Å². The standard InChI is InChI=1S/C28H27N7O2/c1-19-23-24(20-9-11-22(36-2)12-10-20)25-26(29)34(15-6-14-33-16-13-30-17-33)18-31-27(25)37-28(23)35(32-19)21-7-4-3-5-8-21/h3-5,7-13,16-18,24,29H,6,14-15H2,1-2H3. The minimum atomic E-state index is -0.261. The molecule has 0 saturated carbocycles. The molecule has 37 heavy (non-hydrogen) atoms. The summed E-state index contributed by atoms with van der Waals surface area (Å²) in [5, 5.41) is 14.0. The Labute approximate surface area is 214 Å². The number of imidazole rings is 1. The van der Waals surface area contributed by atoms with Gasteiger partial charge in [0.1, 0.15) is 17.6 Å². The first-order chi connectivity index (χ1) is 18.1. The van der Waals surface area contributed by atoms with Crippen LogP contribution >= 0.6 is 0 Å². The van der Waals surface area contributed by atoms with Crippen LogP contribution in [0.2, 0.25) is 0 Å². The largest absolute Gasteiger partial charge is 0.497 e. The molecule has 0 spiro atoms. The Bertz CT molecular complexity index is 1590. The molecule has 0 fully saturated rings. The third kappa shape index (κ3) is 4.08. The van der Waals surface area contributed by atoms with Crippen molar-refractivity contribution >= 4 is 0 Å². The second kappa shape index (κ2) is 9.42. The number of rotatable bonds is 7. The number of ether oxygens (including phenoxy) is 2. The summed E-state index contributed by atoms with van der Waals surface area (Å²) in [6.07, 6.45) is 8.06. The first-order valence-electron chi connectivity index (χ1n) is 12.2. The number of hydrogen-bond donors (Lipinski definition) is 1. The number of aryl methyl sites for hydroxylation is 3. The first kappa shape index (κ1) is 22.8. The molecule has 1 atom stereocenters. The van der Waals surface area contributed by atoms with Gasteiger partial charge in [0, 0.05) is 25.5 Å². The molecule has 1 unspecified atom stereocenters. The maximum atomic E-state index is 9.19. The van der Waals surface area contributed by atoms with Crippen LogP contribution < -0.4 is 15.0 Å². The maximum Gasteiger partial charge on any atom is 0.230 e. The van der Waals surface area contributed by atoms with Crippen molar-refractivity contribution in [2.75, 3.05) is 7.11 Å². The average molecular weight is 494 g/mol. The minimum absolute atomic E-state index is 0.261. The van der Waals surface area contributed by atoms with E-state index in [1.165, 1.54) is 0 Å². The Morgan fingerprint density at radius 2 is 1.81 bits per heavy atom. The van der Waals surface area contributed by atoms with Crippen LogP contribution in [-0.4, -0.2) is 36.0 Å². The summed E-state index contributed by atoms with van der Waals surface area (Å²) < 4.78 is 17.5. The van der Waals surface area contributed by atoms with Crippen molar-refractivity contribution in [2.45, 2.75) is 32.4 Å². The van der Waals surface area contributed by atoms with E-state index in [0.29, 0.717) is 23.8 Å². The van der Waals surface area contributed by atoms with Gasteiger partial charge in [0.25, 0.3) is 0 Å². The lowest BCUT2D eigenvalue weighted by Crippen LogP contribution is -2.30. The van der Waals surface area contributed by atoms with Crippen LogP contribution in [0.1, 0.15) is 34.7 Å². The number of hydrogen-bond acceptors (Lipinski definition) is 6. The number of fused-ring (bicyclic) bond motifs is 2. The molecule has 0 radical (unpaired) electrons. The van der Waals surface area contributed by atoms with E-state index in [-0.39, 0.29) is 5.92 Å². The zero-order valence-corrected chi connectivity index (χ0v) is 20.7. The highest BCUT2D eigenvalue weighted by Crippen LogP contribution is 2.47. The molecule has 4 heterocycles. The molecule has 1 N–H and O–H groups in total. The van der Waals surface area contributed by atoms with Crippen LogP contribution in [0.15, 0.2) is 79.6 Å². The average Bonchev–Trinajstić information content (AvgIpc) is 3.57. The molecule has 6 rings (SSSR count). The van der Waals surface area contributed by atoms with Crippen LogP contribution in [0.4, 0.5) is 0 Å². The van der Waals surface area contributed by atoms with E-state index in [2.05, 4.69) is 9.97 Å². The Morgan fingerprint density at radius 3 is 2.54 bits per heavy atom. The Hall–Kier alpha value is -4.66. The van der Waals surface area contributed by atoms with E-state index in [1.54, 1.807) is 26.0 Å². The third-order valence-electron chi connectivity index (χ3n) is 6.74. The molecular formula is C28H27N7O2. The number of nitrogens with one attached hydrogen (secondary N) is 1. The van der Waals surface area contributed by atoms with Gasteiger partial charge in [-0.15, -0.1) is 0 Å². The zero-order chi connectivity index (χ0) is 25.4. The highest BCUT2D eigenvalue weighted by molar-refractivity contribution is 5.57. The van der Waals surface area contributed by atoms with Crippen molar-refractivity contribution in [2.24, 2.45) is 0 Å². The van der Waals surface area contributed by atoms with Crippen LogP contribution in [0, 0.1) is 12.3 Å². The lowest BCUT2D eigenvalue weighted by Gasteiger charge is -2.27. The fourth-order valence-corrected chi connectivity index (χ4v) is 4.92. The molecule has 9 heteroatoms. The topological polar surface area (TPSA) is 95.8 Å². The summed E-state index contributed by atoms with van der Waals surface area (Å²) in [5.74, 6) is 1.58.